The molecule has 2 N–H and O–H groups in total. The monoisotopic (exact) mass is 524 g/mol. The van der Waals surface area contributed by atoms with Gasteiger partial charge in [-0.15, -0.1) is 10.2 Å². The average Bonchev–Trinajstić information content (AvgIpc) is 3.28. The van der Waals surface area contributed by atoms with Gasteiger partial charge in [-0.1, -0.05) is 57.6 Å². The Morgan fingerprint density at radius 3 is 2.33 bits per heavy atom. The zero-order valence-electron chi connectivity index (χ0n) is 17.2. The molecule has 33 heavy (non-hydrogen) atoms. The van der Waals surface area contributed by atoms with Gasteiger partial charge in [-0.05, 0) is 54.1 Å². The quantitative estimate of drug-likeness (QED) is 0.352. The molecule has 2 amide bonds. The lowest BCUT2D eigenvalue weighted by Crippen LogP contribution is -2.45. The van der Waals surface area contributed by atoms with E-state index in [0.29, 0.717) is 22.6 Å². The van der Waals surface area contributed by atoms with E-state index in [4.69, 9.17) is 0 Å². The van der Waals surface area contributed by atoms with Crippen molar-refractivity contribution in [1.82, 2.24) is 15.5 Å². The number of carbonyl (C=O) groups excluding carboxylic acids is 2. The van der Waals surface area contributed by atoms with Crippen molar-refractivity contribution in [3.63, 3.8) is 0 Å². The second-order valence-electron chi connectivity index (χ2n) is 7.13. The number of amides is 2. The van der Waals surface area contributed by atoms with Crippen LogP contribution in [0.1, 0.15) is 15.9 Å². The number of hydrogen-bond donors (Lipinski definition) is 2. The molecule has 0 bridgehead atoms. The van der Waals surface area contributed by atoms with Crippen LogP contribution in [0.5, 0.6) is 0 Å². The molecule has 0 aliphatic rings. The van der Waals surface area contributed by atoms with Crippen molar-refractivity contribution in [1.29, 1.82) is 0 Å². The van der Waals surface area contributed by atoms with Crippen molar-refractivity contribution in [2.24, 2.45) is 0 Å². The summed E-state index contributed by atoms with van der Waals surface area (Å²) >= 11 is 4.51. The first-order valence-corrected chi connectivity index (χ1v) is 11.6. The third kappa shape index (κ3) is 6.09. The van der Waals surface area contributed by atoms with Crippen LogP contribution in [0.25, 0.3) is 10.6 Å². The number of hydrogen-bond acceptors (Lipinski definition) is 5. The maximum absolute atomic E-state index is 13.2. The molecule has 0 radical (unpaired) electrons. The lowest BCUT2D eigenvalue weighted by atomic mass is 10.0. The first-order chi connectivity index (χ1) is 16.0. The van der Waals surface area contributed by atoms with E-state index in [-0.39, 0.29) is 16.9 Å². The number of nitrogens with zero attached hydrogens (tertiary/aromatic N) is 2. The Hall–Kier alpha value is -3.43. The summed E-state index contributed by atoms with van der Waals surface area (Å²) in [7, 11) is 0. The van der Waals surface area contributed by atoms with Gasteiger partial charge in [-0.25, -0.2) is 4.39 Å². The van der Waals surface area contributed by atoms with Crippen LogP contribution < -0.4 is 10.6 Å². The molecule has 166 valence electrons. The second kappa shape index (κ2) is 10.5. The van der Waals surface area contributed by atoms with Crippen molar-refractivity contribution in [3.8, 4) is 10.6 Å². The highest BCUT2D eigenvalue weighted by Gasteiger charge is 2.23. The van der Waals surface area contributed by atoms with Crippen molar-refractivity contribution < 1.29 is 14.0 Å². The highest BCUT2D eigenvalue weighted by Crippen LogP contribution is 2.26. The summed E-state index contributed by atoms with van der Waals surface area (Å²) in [6, 6.07) is 21.3. The summed E-state index contributed by atoms with van der Waals surface area (Å²) < 4.78 is 14.0. The molecule has 9 heteroatoms. The summed E-state index contributed by atoms with van der Waals surface area (Å²) in [5.41, 5.74) is 2.04. The molecule has 1 heterocycles. The van der Waals surface area contributed by atoms with E-state index in [9.17, 15) is 14.0 Å². The Morgan fingerprint density at radius 2 is 1.64 bits per heavy atom. The molecule has 6 nitrogen and oxygen atoms in total. The number of halogens is 2. The first-order valence-electron chi connectivity index (χ1n) is 9.98. The Bertz CT molecular complexity index is 1250. The van der Waals surface area contributed by atoms with E-state index in [1.54, 1.807) is 36.4 Å². The van der Waals surface area contributed by atoms with E-state index in [1.807, 2.05) is 30.3 Å². The highest BCUT2D eigenvalue weighted by atomic mass is 79.9. The molecule has 0 saturated heterocycles. The number of rotatable bonds is 7. The number of anilines is 1. The molecule has 3 aromatic carbocycles. The van der Waals surface area contributed by atoms with Crippen LogP contribution in [0, 0.1) is 5.82 Å². The molecule has 0 saturated carbocycles. The maximum atomic E-state index is 13.2. The summed E-state index contributed by atoms with van der Waals surface area (Å²) in [6.07, 6.45) is 0.304. The van der Waals surface area contributed by atoms with Crippen LogP contribution in [0.15, 0.2) is 83.3 Å². The van der Waals surface area contributed by atoms with Crippen molar-refractivity contribution in [2.75, 3.05) is 5.32 Å². The number of aromatic nitrogens is 2. The van der Waals surface area contributed by atoms with Crippen LogP contribution >= 0.6 is 27.3 Å². The molecule has 0 fully saturated rings. The van der Waals surface area contributed by atoms with Crippen LogP contribution in [-0.4, -0.2) is 28.1 Å². The van der Waals surface area contributed by atoms with Gasteiger partial charge in [0, 0.05) is 22.0 Å². The van der Waals surface area contributed by atoms with Crippen LogP contribution in [-0.2, 0) is 11.2 Å². The predicted molar refractivity (Wildman–Crippen MR) is 129 cm³/mol. The fourth-order valence-electron chi connectivity index (χ4n) is 3.08. The van der Waals surface area contributed by atoms with Crippen molar-refractivity contribution in [2.45, 2.75) is 12.5 Å². The Labute approximate surface area is 202 Å². The van der Waals surface area contributed by atoms with E-state index >= 15 is 0 Å². The van der Waals surface area contributed by atoms with Crippen LogP contribution in [0.3, 0.4) is 0 Å². The lowest BCUT2D eigenvalue weighted by Gasteiger charge is -2.18. The smallest absolute Gasteiger partial charge is 0.251 e. The number of carbonyl (C=O) groups is 2. The van der Waals surface area contributed by atoms with Gasteiger partial charge in [0.2, 0.25) is 11.0 Å². The fourth-order valence-corrected chi connectivity index (χ4v) is 4.09. The summed E-state index contributed by atoms with van der Waals surface area (Å²) in [5, 5.41) is 14.5. The minimum atomic E-state index is -0.832. The van der Waals surface area contributed by atoms with Crippen LogP contribution in [0.2, 0.25) is 0 Å². The number of nitrogens with one attached hydrogen (secondary N) is 2. The zero-order valence-corrected chi connectivity index (χ0v) is 19.6. The Morgan fingerprint density at radius 1 is 0.939 bits per heavy atom. The second-order valence-corrected chi connectivity index (χ2v) is 9.02. The maximum Gasteiger partial charge on any atom is 0.251 e. The molecule has 0 spiro atoms. The van der Waals surface area contributed by atoms with Crippen molar-refractivity contribution >= 4 is 44.2 Å². The molecule has 1 atom stereocenters. The highest BCUT2D eigenvalue weighted by molar-refractivity contribution is 9.10. The number of benzene rings is 3. The van der Waals surface area contributed by atoms with E-state index in [0.717, 1.165) is 10.0 Å². The van der Waals surface area contributed by atoms with Gasteiger partial charge in [0.1, 0.15) is 16.9 Å². The predicted octanol–water partition coefficient (Wildman–Crippen LogP) is 5.09. The molecule has 1 aromatic heterocycles. The summed E-state index contributed by atoms with van der Waals surface area (Å²) in [5.74, 6) is -1.11. The van der Waals surface area contributed by atoms with Crippen molar-refractivity contribution in [3.05, 3.63) is 100 Å². The van der Waals surface area contributed by atoms with Gasteiger partial charge in [0.15, 0.2) is 0 Å². The van der Waals surface area contributed by atoms with Gasteiger partial charge in [0.05, 0.1) is 0 Å². The first kappa shape index (κ1) is 22.8. The normalized spacial score (nSPS) is 11.6. The molecule has 0 aliphatic carbocycles. The van der Waals surface area contributed by atoms with Gasteiger partial charge >= 0.3 is 0 Å². The average molecular weight is 525 g/mol. The standard InChI is InChI=1S/C24H18BrFN4O2S/c25-18-10-6-16(7-11-18)21(31)27-20(14-15-4-2-1-3-5-15)22(32)28-24-30-29-23(33-24)17-8-12-19(26)13-9-17/h1-13,20H,14H2,(H,27,31)(H,28,30,32)/t20-/m1/s1. The molecular weight excluding hydrogens is 507 g/mol. The minimum absolute atomic E-state index is 0.287. The Balaban J connectivity index is 1.50. The molecule has 0 unspecified atom stereocenters. The van der Waals surface area contributed by atoms with E-state index in [1.165, 1.54) is 23.5 Å². The van der Waals surface area contributed by atoms with Gasteiger partial charge in [-0.3, -0.25) is 14.9 Å². The fraction of sp³-hybridized carbons (Fsp3) is 0.0833. The van der Waals surface area contributed by atoms with Gasteiger partial charge in [0.25, 0.3) is 5.91 Å². The van der Waals surface area contributed by atoms with Gasteiger partial charge < -0.3 is 5.32 Å². The van der Waals surface area contributed by atoms with Gasteiger partial charge in [-0.2, -0.15) is 0 Å². The SMILES string of the molecule is O=C(N[C@H](Cc1ccccc1)C(=O)Nc1nnc(-c2ccc(F)cc2)s1)c1ccc(Br)cc1. The minimum Gasteiger partial charge on any atom is -0.340 e. The molecule has 0 aliphatic heterocycles. The van der Waals surface area contributed by atoms with E-state index < -0.39 is 11.9 Å². The third-order valence-corrected chi connectivity index (χ3v) is 6.17. The summed E-state index contributed by atoms with van der Waals surface area (Å²) in [4.78, 5) is 25.9. The molecule has 4 rings (SSSR count). The third-order valence-electron chi connectivity index (χ3n) is 4.76. The zero-order chi connectivity index (χ0) is 23.2. The largest absolute Gasteiger partial charge is 0.340 e. The molecule has 4 aromatic rings. The summed E-state index contributed by atoms with van der Waals surface area (Å²) in [6.45, 7) is 0. The molecular formula is C24H18BrFN4O2S. The topological polar surface area (TPSA) is 84.0 Å². The Kier molecular flexibility index (Phi) is 7.21. The van der Waals surface area contributed by atoms with E-state index in [2.05, 4.69) is 36.8 Å². The lowest BCUT2D eigenvalue weighted by molar-refractivity contribution is -0.118. The van der Waals surface area contributed by atoms with Crippen LogP contribution in [0.4, 0.5) is 9.52 Å².